The Hall–Kier alpha value is -2.20. The number of ether oxygens (including phenoxy) is 1. The zero-order valence-electron chi connectivity index (χ0n) is 18.1. The van der Waals surface area contributed by atoms with Gasteiger partial charge in [-0.3, -0.25) is 14.5 Å². The average Bonchev–Trinajstić information content (AvgIpc) is 2.77. The van der Waals surface area contributed by atoms with Crippen molar-refractivity contribution in [1.82, 2.24) is 15.1 Å². The molecule has 1 aromatic carbocycles. The molecule has 6 nitrogen and oxygen atoms in total. The SMILES string of the molecule is COC1CCN(CC(=O)N2CCC(CNC(=O)c3cc(F)cc(C(F)(F)F)c3)CC2)CC1. The van der Waals surface area contributed by atoms with E-state index < -0.39 is 23.5 Å². The number of halogens is 4. The second-order valence-electron chi connectivity index (χ2n) is 8.47. The lowest BCUT2D eigenvalue weighted by molar-refractivity contribution is -0.138. The normalized spacial score (nSPS) is 19.2. The van der Waals surface area contributed by atoms with Crippen molar-refractivity contribution in [2.45, 2.75) is 38.0 Å². The van der Waals surface area contributed by atoms with Crippen LogP contribution >= 0.6 is 0 Å². The number of benzene rings is 1. The van der Waals surface area contributed by atoms with Crippen LogP contribution in [0, 0.1) is 11.7 Å². The third kappa shape index (κ3) is 6.65. The predicted octanol–water partition coefficient (Wildman–Crippen LogP) is 2.92. The minimum atomic E-state index is -4.73. The Bertz CT molecular complexity index is 802. The van der Waals surface area contributed by atoms with Crippen LogP contribution in [-0.4, -0.2) is 74.1 Å². The summed E-state index contributed by atoms with van der Waals surface area (Å²) in [6.07, 6.45) is -1.25. The molecule has 10 heteroatoms. The highest BCUT2D eigenvalue weighted by molar-refractivity contribution is 5.94. The molecule has 0 aromatic heterocycles. The smallest absolute Gasteiger partial charge is 0.381 e. The highest BCUT2D eigenvalue weighted by Gasteiger charge is 2.32. The minimum Gasteiger partial charge on any atom is -0.381 e. The van der Waals surface area contributed by atoms with E-state index in [4.69, 9.17) is 4.74 Å². The number of carbonyl (C=O) groups is 2. The lowest BCUT2D eigenvalue weighted by atomic mass is 9.96. The Morgan fingerprint density at radius 1 is 1.06 bits per heavy atom. The summed E-state index contributed by atoms with van der Waals surface area (Å²) in [5.74, 6) is -1.66. The third-order valence-corrected chi connectivity index (χ3v) is 6.23. The van der Waals surface area contributed by atoms with E-state index in [-0.39, 0.29) is 30.0 Å². The fraction of sp³-hybridized carbons (Fsp3) is 0.636. The molecule has 3 rings (SSSR count). The fourth-order valence-corrected chi connectivity index (χ4v) is 4.20. The highest BCUT2D eigenvalue weighted by Crippen LogP contribution is 2.30. The van der Waals surface area contributed by atoms with Crippen LogP contribution in [0.2, 0.25) is 0 Å². The lowest BCUT2D eigenvalue weighted by Gasteiger charge is -2.35. The summed E-state index contributed by atoms with van der Waals surface area (Å²) >= 11 is 0. The Labute approximate surface area is 184 Å². The molecule has 0 radical (unpaired) electrons. The van der Waals surface area contributed by atoms with Crippen molar-refractivity contribution < 1.29 is 31.9 Å². The number of piperidine rings is 2. The summed E-state index contributed by atoms with van der Waals surface area (Å²) in [6.45, 7) is 3.48. The van der Waals surface area contributed by atoms with E-state index in [0.29, 0.717) is 44.6 Å². The van der Waals surface area contributed by atoms with Crippen LogP contribution in [0.5, 0.6) is 0 Å². The molecule has 0 saturated carbocycles. The van der Waals surface area contributed by atoms with Gasteiger partial charge in [0.1, 0.15) is 5.82 Å². The van der Waals surface area contributed by atoms with Gasteiger partial charge in [0.25, 0.3) is 5.91 Å². The molecule has 2 aliphatic heterocycles. The first-order valence-electron chi connectivity index (χ1n) is 10.8. The summed E-state index contributed by atoms with van der Waals surface area (Å²) in [5, 5.41) is 2.60. The minimum absolute atomic E-state index is 0.0859. The molecule has 0 unspecified atom stereocenters. The van der Waals surface area contributed by atoms with Crippen molar-refractivity contribution in [3.8, 4) is 0 Å². The molecule has 1 N–H and O–H groups in total. The molecule has 0 bridgehead atoms. The molecular formula is C22H29F4N3O3. The van der Waals surface area contributed by atoms with Gasteiger partial charge in [-0.1, -0.05) is 0 Å². The fourth-order valence-electron chi connectivity index (χ4n) is 4.20. The van der Waals surface area contributed by atoms with E-state index in [1.165, 1.54) is 0 Å². The quantitative estimate of drug-likeness (QED) is 0.665. The maximum absolute atomic E-state index is 13.5. The van der Waals surface area contributed by atoms with Crippen LogP contribution in [0.4, 0.5) is 17.6 Å². The van der Waals surface area contributed by atoms with Crippen LogP contribution in [0.15, 0.2) is 18.2 Å². The zero-order valence-corrected chi connectivity index (χ0v) is 18.1. The first-order chi connectivity index (χ1) is 15.2. The molecule has 178 valence electrons. The van der Waals surface area contributed by atoms with Gasteiger partial charge in [-0.05, 0) is 49.8 Å². The highest BCUT2D eigenvalue weighted by atomic mass is 19.4. The van der Waals surface area contributed by atoms with Crippen LogP contribution in [0.25, 0.3) is 0 Å². The van der Waals surface area contributed by atoms with Crippen molar-refractivity contribution in [3.05, 3.63) is 35.1 Å². The monoisotopic (exact) mass is 459 g/mol. The molecule has 0 aliphatic carbocycles. The second-order valence-corrected chi connectivity index (χ2v) is 8.47. The number of methoxy groups -OCH3 is 1. The van der Waals surface area contributed by atoms with Gasteiger partial charge in [-0.25, -0.2) is 4.39 Å². The standard InChI is InChI=1S/C22H29F4N3O3/c1-32-19-4-6-28(7-5-19)14-20(30)29-8-2-15(3-9-29)13-27-21(31)16-10-17(22(24,25)26)12-18(23)11-16/h10-12,15,19H,2-9,13-14H2,1H3,(H,27,31). The largest absolute Gasteiger partial charge is 0.416 e. The number of nitrogens with zero attached hydrogens (tertiary/aromatic N) is 2. The molecule has 0 spiro atoms. The van der Waals surface area contributed by atoms with Gasteiger partial charge >= 0.3 is 6.18 Å². The van der Waals surface area contributed by atoms with E-state index in [1.807, 2.05) is 4.90 Å². The third-order valence-electron chi connectivity index (χ3n) is 6.23. The van der Waals surface area contributed by atoms with Crippen molar-refractivity contribution in [3.63, 3.8) is 0 Å². The lowest BCUT2D eigenvalue weighted by Crippen LogP contribution is -2.47. The number of hydrogen-bond donors (Lipinski definition) is 1. The van der Waals surface area contributed by atoms with E-state index >= 15 is 0 Å². The first kappa shape index (κ1) is 24.4. The number of hydrogen-bond acceptors (Lipinski definition) is 4. The van der Waals surface area contributed by atoms with Crippen molar-refractivity contribution >= 4 is 11.8 Å². The van der Waals surface area contributed by atoms with E-state index in [9.17, 15) is 27.2 Å². The molecule has 2 saturated heterocycles. The van der Waals surface area contributed by atoms with Gasteiger partial charge in [0, 0.05) is 45.4 Å². The van der Waals surface area contributed by atoms with E-state index in [0.717, 1.165) is 32.0 Å². The van der Waals surface area contributed by atoms with Gasteiger partial charge in [-0.15, -0.1) is 0 Å². The number of carbonyl (C=O) groups excluding carboxylic acids is 2. The van der Waals surface area contributed by atoms with E-state index in [1.54, 1.807) is 7.11 Å². The first-order valence-corrected chi connectivity index (χ1v) is 10.8. The average molecular weight is 459 g/mol. The summed E-state index contributed by atoms with van der Waals surface area (Å²) < 4.78 is 57.4. The molecule has 2 aliphatic rings. The Kier molecular flexibility index (Phi) is 8.10. The predicted molar refractivity (Wildman–Crippen MR) is 110 cm³/mol. The summed E-state index contributed by atoms with van der Waals surface area (Å²) in [7, 11) is 1.70. The summed E-state index contributed by atoms with van der Waals surface area (Å²) in [5.41, 5.74) is -1.55. The van der Waals surface area contributed by atoms with Gasteiger partial charge in [-0.2, -0.15) is 13.2 Å². The van der Waals surface area contributed by atoms with Gasteiger partial charge in [0.05, 0.1) is 18.2 Å². The van der Waals surface area contributed by atoms with Crippen molar-refractivity contribution in [2.75, 3.05) is 46.4 Å². The molecule has 2 amide bonds. The van der Waals surface area contributed by atoms with Crippen LogP contribution < -0.4 is 5.32 Å². The van der Waals surface area contributed by atoms with E-state index in [2.05, 4.69) is 10.2 Å². The number of nitrogens with one attached hydrogen (secondary N) is 1. The Balaban J connectivity index is 1.42. The molecule has 32 heavy (non-hydrogen) atoms. The summed E-state index contributed by atoms with van der Waals surface area (Å²) in [4.78, 5) is 28.8. The maximum Gasteiger partial charge on any atom is 0.416 e. The maximum atomic E-state index is 13.5. The second kappa shape index (κ2) is 10.6. The van der Waals surface area contributed by atoms with Crippen LogP contribution in [-0.2, 0) is 15.7 Å². The number of rotatable bonds is 6. The van der Waals surface area contributed by atoms with Gasteiger partial charge in [0.2, 0.25) is 5.91 Å². The summed E-state index contributed by atoms with van der Waals surface area (Å²) in [6, 6.07) is 1.81. The van der Waals surface area contributed by atoms with Crippen LogP contribution in [0.3, 0.4) is 0 Å². The Morgan fingerprint density at radius 2 is 1.72 bits per heavy atom. The molecule has 1 aromatic rings. The van der Waals surface area contributed by atoms with Crippen molar-refractivity contribution in [1.29, 1.82) is 0 Å². The molecular weight excluding hydrogens is 430 g/mol. The zero-order chi connectivity index (χ0) is 23.3. The number of alkyl halides is 3. The van der Waals surface area contributed by atoms with Gasteiger partial charge < -0.3 is 15.0 Å². The molecule has 2 heterocycles. The topological polar surface area (TPSA) is 61.9 Å². The Morgan fingerprint density at radius 3 is 2.31 bits per heavy atom. The molecule has 0 atom stereocenters. The molecule has 2 fully saturated rings. The van der Waals surface area contributed by atoms with Crippen LogP contribution in [0.1, 0.15) is 41.6 Å². The number of likely N-dealkylation sites (tertiary alicyclic amines) is 2. The van der Waals surface area contributed by atoms with Crippen molar-refractivity contribution in [2.24, 2.45) is 5.92 Å². The number of amides is 2. The van der Waals surface area contributed by atoms with Gasteiger partial charge in [0.15, 0.2) is 0 Å².